The van der Waals surface area contributed by atoms with E-state index in [1.165, 1.54) is 0 Å². The van der Waals surface area contributed by atoms with Crippen LogP contribution in [0.25, 0.3) is 10.8 Å². The van der Waals surface area contributed by atoms with Gasteiger partial charge in [0.2, 0.25) is 0 Å². The van der Waals surface area contributed by atoms with E-state index >= 15 is 0 Å². The summed E-state index contributed by atoms with van der Waals surface area (Å²) in [5, 5.41) is 9.55. The van der Waals surface area contributed by atoms with E-state index in [0.29, 0.717) is 33.6 Å². The Labute approximate surface area is 182 Å². The van der Waals surface area contributed by atoms with Crippen LogP contribution < -0.4 is 41.9 Å². The molecule has 0 unspecified atom stereocenters. The van der Waals surface area contributed by atoms with Gasteiger partial charge >= 0.3 is 0 Å². The van der Waals surface area contributed by atoms with Gasteiger partial charge in [-0.25, -0.2) is 0 Å². The standard InChI is InChI=1S/C24H20N4O4/c1-31-17-11-7-15(8-12-17)25-27-21-19-5-3-4-6-20(19)22(24(30)23(21)29)28-26-16-9-13-18(32-2)14-10-16/h3-14,25-26H,1-2H3. The normalized spacial score (nSPS) is 12.1. The molecule has 0 radical (unpaired) electrons. The molecule has 2 N–H and O–H groups in total. The van der Waals surface area contributed by atoms with Crippen molar-refractivity contribution >= 4 is 22.1 Å². The van der Waals surface area contributed by atoms with Gasteiger partial charge in [0.05, 0.1) is 25.6 Å². The van der Waals surface area contributed by atoms with Crippen molar-refractivity contribution in [3.63, 3.8) is 0 Å². The highest BCUT2D eigenvalue weighted by Gasteiger charge is 2.10. The van der Waals surface area contributed by atoms with Gasteiger partial charge in [0.15, 0.2) is 0 Å². The number of ether oxygens (including phenoxy) is 2. The van der Waals surface area contributed by atoms with Gasteiger partial charge < -0.3 is 9.47 Å². The van der Waals surface area contributed by atoms with E-state index in [0.717, 1.165) is 0 Å². The Morgan fingerprint density at radius 2 is 0.969 bits per heavy atom. The third kappa shape index (κ3) is 4.20. The van der Waals surface area contributed by atoms with Gasteiger partial charge in [-0.05, 0) is 48.5 Å². The number of rotatable bonds is 6. The van der Waals surface area contributed by atoms with Crippen LogP contribution in [0.1, 0.15) is 0 Å². The molecule has 8 heteroatoms. The zero-order valence-electron chi connectivity index (χ0n) is 17.5. The Morgan fingerprint density at radius 1 is 0.594 bits per heavy atom. The van der Waals surface area contributed by atoms with Gasteiger partial charge in [0, 0.05) is 10.8 Å². The van der Waals surface area contributed by atoms with Crippen molar-refractivity contribution in [1.82, 2.24) is 0 Å². The number of benzene rings is 4. The predicted molar refractivity (Wildman–Crippen MR) is 123 cm³/mol. The smallest absolute Gasteiger partial charge is 0.256 e. The van der Waals surface area contributed by atoms with Gasteiger partial charge in [-0.3, -0.25) is 20.4 Å². The quantitative estimate of drug-likeness (QED) is 0.361. The molecule has 0 saturated heterocycles. The molecule has 0 aliphatic carbocycles. The topological polar surface area (TPSA) is 101 Å². The van der Waals surface area contributed by atoms with Gasteiger partial charge in [0.1, 0.15) is 22.2 Å². The molecule has 32 heavy (non-hydrogen) atoms. The van der Waals surface area contributed by atoms with Crippen molar-refractivity contribution in [2.45, 2.75) is 0 Å². The third-order valence-corrected chi connectivity index (χ3v) is 4.85. The van der Waals surface area contributed by atoms with Gasteiger partial charge in [-0.1, -0.05) is 24.3 Å². The number of hydrogen-bond acceptors (Lipinski definition) is 8. The Hall–Kier alpha value is -4.46. The largest absolute Gasteiger partial charge is 0.497 e. The summed E-state index contributed by atoms with van der Waals surface area (Å²) in [6.45, 7) is 0. The average Bonchev–Trinajstić information content (AvgIpc) is 2.85. The summed E-state index contributed by atoms with van der Waals surface area (Å²) >= 11 is 0. The van der Waals surface area contributed by atoms with Gasteiger partial charge in [-0.15, -0.1) is 0 Å². The van der Waals surface area contributed by atoms with Crippen LogP contribution in [0, 0.1) is 0 Å². The summed E-state index contributed by atoms with van der Waals surface area (Å²) in [6.07, 6.45) is 0. The second-order valence-corrected chi connectivity index (χ2v) is 6.81. The van der Waals surface area contributed by atoms with Crippen LogP contribution in [-0.4, -0.2) is 14.2 Å². The van der Waals surface area contributed by atoms with Gasteiger partial charge in [-0.2, -0.15) is 10.2 Å². The summed E-state index contributed by atoms with van der Waals surface area (Å²) in [5.41, 5.74) is 5.49. The van der Waals surface area contributed by atoms with Crippen LogP contribution in [0.2, 0.25) is 0 Å². The van der Waals surface area contributed by atoms with E-state index < -0.39 is 10.9 Å². The van der Waals surface area contributed by atoms with E-state index in [9.17, 15) is 9.59 Å². The first kappa shape index (κ1) is 20.8. The van der Waals surface area contributed by atoms with E-state index in [1.807, 2.05) is 0 Å². The number of nitrogens with zero attached hydrogens (tertiary/aromatic N) is 2. The van der Waals surface area contributed by atoms with Crippen molar-refractivity contribution in [3.8, 4) is 11.5 Å². The van der Waals surface area contributed by atoms with Crippen molar-refractivity contribution in [1.29, 1.82) is 0 Å². The van der Waals surface area contributed by atoms with E-state index in [-0.39, 0.29) is 10.7 Å². The Balaban J connectivity index is 1.78. The highest BCUT2D eigenvalue weighted by atomic mass is 16.5. The fourth-order valence-corrected chi connectivity index (χ4v) is 3.15. The number of nitrogens with one attached hydrogen (secondary N) is 2. The highest BCUT2D eigenvalue weighted by Crippen LogP contribution is 2.15. The molecule has 0 fully saturated rings. The van der Waals surface area contributed by atoms with Crippen LogP contribution >= 0.6 is 0 Å². The van der Waals surface area contributed by atoms with Crippen molar-refractivity contribution < 1.29 is 9.47 Å². The summed E-state index contributed by atoms with van der Waals surface area (Å²) in [7, 11) is 3.16. The Morgan fingerprint density at radius 3 is 1.31 bits per heavy atom. The molecule has 0 aliphatic rings. The Kier molecular flexibility index (Phi) is 5.94. The molecule has 8 nitrogen and oxygen atoms in total. The van der Waals surface area contributed by atoms with E-state index in [4.69, 9.17) is 9.47 Å². The third-order valence-electron chi connectivity index (χ3n) is 4.85. The monoisotopic (exact) mass is 428 g/mol. The lowest BCUT2D eigenvalue weighted by molar-refractivity contribution is 0.415. The van der Waals surface area contributed by atoms with Crippen LogP contribution in [0.3, 0.4) is 0 Å². The molecule has 4 rings (SSSR count). The highest BCUT2D eigenvalue weighted by molar-refractivity contribution is 5.81. The Bertz CT molecular complexity index is 1360. The van der Waals surface area contributed by atoms with Gasteiger partial charge in [0.25, 0.3) is 10.9 Å². The summed E-state index contributed by atoms with van der Waals surface area (Å²) in [4.78, 5) is 25.7. The molecule has 160 valence electrons. The predicted octanol–water partition coefficient (Wildman–Crippen LogP) is 2.31. The molecule has 0 saturated carbocycles. The minimum absolute atomic E-state index is 0.0322. The van der Waals surface area contributed by atoms with Crippen LogP contribution in [0.4, 0.5) is 11.4 Å². The molecule has 0 bridgehead atoms. The summed E-state index contributed by atoms with van der Waals surface area (Å²) < 4.78 is 10.3. The maximum absolute atomic E-state index is 12.8. The maximum atomic E-state index is 12.8. The zero-order valence-corrected chi connectivity index (χ0v) is 17.5. The molecule has 0 aliphatic heterocycles. The van der Waals surface area contributed by atoms with Crippen LogP contribution in [-0.2, 0) is 0 Å². The first-order valence-electron chi connectivity index (χ1n) is 9.75. The summed E-state index contributed by atoms with van der Waals surface area (Å²) in [5.74, 6) is 1.39. The first-order valence-corrected chi connectivity index (χ1v) is 9.75. The minimum Gasteiger partial charge on any atom is -0.497 e. The molecular formula is C24H20N4O4. The van der Waals surface area contributed by atoms with Crippen LogP contribution in [0.15, 0.2) is 92.6 Å². The van der Waals surface area contributed by atoms with Crippen molar-refractivity contribution in [2.75, 3.05) is 25.1 Å². The molecule has 0 atom stereocenters. The average molecular weight is 428 g/mol. The number of anilines is 2. The zero-order chi connectivity index (χ0) is 22.5. The van der Waals surface area contributed by atoms with Crippen molar-refractivity contribution in [2.24, 2.45) is 10.2 Å². The lowest BCUT2D eigenvalue weighted by atomic mass is 10.1. The molecule has 0 amide bonds. The van der Waals surface area contributed by atoms with Crippen molar-refractivity contribution in [3.05, 3.63) is 104 Å². The maximum Gasteiger partial charge on any atom is 0.256 e. The van der Waals surface area contributed by atoms with Crippen LogP contribution in [0.5, 0.6) is 11.5 Å². The first-order chi connectivity index (χ1) is 15.6. The molecule has 0 aromatic heterocycles. The lowest BCUT2D eigenvalue weighted by Gasteiger charge is -2.04. The number of hydrogen-bond donors (Lipinski definition) is 2. The number of fused-ring (bicyclic) bond motifs is 1. The second kappa shape index (κ2) is 9.13. The van der Waals surface area contributed by atoms with E-state index in [1.54, 1.807) is 87.0 Å². The fraction of sp³-hybridized carbons (Fsp3) is 0.0833. The summed E-state index contributed by atoms with van der Waals surface area (Å²) in [6, 6.07) is 21.1. The number of methoxy groups -OCH3 is 2. The fourth-order valence-electron chi connectivity index (χ4n) is 3.15. The second-order valence-electron chi connectivity index (χ2n) is 6.81. The molecular weight excluding hydrogens is 408 g/mol. The SMILES string of the molecule is COc1ccc(NN=c2c(=O)c(=O)c(=NNc3ccc(OC)cc3)c3ccccc23)cc1. The molecule has 4 aromatic rings. The minimum atomic E-state index is -0.736. The molecule has 0 spiro atoms. The molecule has 0 heterocycles. The lowest BCUT2D eigenvalue weighted by Crippen LogP contribution is -2.48. The molecule has 4 aromatic carbocycles. The van der Waals surface area contributed by atoms with E-state index in [2.05, 4.69) is 21.1 Å².